The fraction of sp³-hybridized carbons (Fsp3) is 0.0400. The maximum atomic E-state index is 4.15. The van der Waals surface area contributed by atoms with Crippen LogP contribution in [0.5, 0.6) is 0 Å². The van der Waals surface area contributed by atoms with Crippen molar-refractivity contribution < 1.29 is 0 Å². The third-order valence-electron chi connectivity index (χ3n) is 9.42. The molecular weight excluding hydrogens is 629 g/mol. The predicted octanol–water partition coefficient (Wildman–Crippen LogP) is 14.2. The molecule has 0 heterocycles. The van der Waals surface area contributed by atoms with Gasteiger partial charge in [0.15, 0.2) is 0 Å². The van der Waals surface area contributed by atoms with E-state index in [2.05, 4.69) is 207 Å². The first-order chi connectivity index (χ1) is 25.5. The van der Waals surface area contributed by atoms with Crippen LogP contribution in [0, 0.1) is 13.8 Å². The summed E-state index contributed by atoms with van der Waals surface area (Å²) in [5, 5.41) is 0. The summed E-state index contributed by atoms with van der Waals surface area (Å²) in [5.41, 5.74) is 15.8. The predicted molar refractivity (Wildman–Crippen MR) is 224 cm³/mol. The number of rotatable bonds is 11. The van der Waals surface area contributed by atoms with Gasteiger partial charge in [-0.3, -0.25) is 0 Å². The second-order valence-corrected chi connectivity index (χ2v) is 12.9. The lowest BCUT2D eigenvalue weighted by Crippen LogP contribution is -2.15. The molecule has 252 valence electrons. The quantitative estimate of drug-likeness (QED) is 0.126. The molecule has 7 rings (SSSR count). The number of hydrogen-bond acceptors (Lipinski definition) is 2. The van der Waals surface area contributed by atoms with E-state index in [0.29, 0.717) is 0 Å². The van der Waals surface area contributed by atoms with Crippen molar-refractivity contribution in [2.45, 2.75) is 13.8 Å². The van der Waals surface area contributed by atoms with Crippen LogP contribution in [0.1, 0.15) is 11.1 Å². The van der Waals surface area contributed by atoms with E-state index in [-0.39, 0.29) is 0 Å². The molecule has 0 aliphatic carbocycles. The molecule has 7 aromatic carbocycles. The summed E-state index contributed by atoms with van der Waals surface area (Å²) in [6.45, 7) is 12.5. The SMILES string of the molecule is C=C/C=C(\C=C)N(c1ccccc1)c1ccc(C)c(-c2cc(-c3ccccc3)cc(-c3cc(N(c4ccccc4)c4ccccc4)ccc3C)c2)c1. The monoisotopic (exact) mass is 670 g/mol. The molecule has 2 heteroatoms. The maximum absolute atomic E-state index is 4.15. The number of benzene rings is 7. The molecule has 0 N–H and O–H groups in total. The smallest absolute Gasteiger partial charge is 0.0467 e. The van der Waals surface area contributed by atoms with Gasteiger partial charge in [0.1, 0.15) is 0 Å². The Labute approximate surface area is 308 Å². The topological polar surface area (TPSA) is 6.48 Å². The van der Waals surface area contributed by atoms with E-state index >= 15 is 0 Å². The van der Waals surface area contributed by atoms with Crippen molar-refractivity contribution >= 4 is 28.4 Å². The van der Waals surface area contributed by atoms with Crippen molar-refractivity contribution in [3.63, 3.8) is 0 Å². The van der Waals surface area contributed by atoms with Crippen molar-refractivity contribution in [1.29, 1.82) is 0 Å². The standard InChI is InChI=1S/C50H42N2/c1-5-19-43(6-2)51(44-22-13-8-14-23-44)47-30-28-37(3)49(35-47)41-32-40(39-20-11-7-12-21-39)33-42(34-41)50-36-48(31-29-38(50)4)52(45-24-15-9-16-25-45)46-26-17-10-18-27-46/h5-36H,1-2H2,3-4H3/b43-19+. The average Bonchev–Trinajstić information content (AvgIpc) is 3.20. The highest BCUT2D eigenvalue weighted by Gasteiger charge is 2.18. The van der Waals surface area contributed by atoms with Crippen LogP contribution < -0.4 is 9.80 Å². The molecule has 0 atom stereocenters. The molecule has 0 aromatic heterocycles. The van der Waals surface area contributed by atoms with E-state index < -0.39 is 0 Å². The van der Waals surface area contributed by atoms with Crippen molar-refractivity contribution in [2.75, 3.05) is 9.80 Å². The Morgan fingerprint density at radius 2 is 0.865 bits per heavy atom. The lowest BCUT2D eigenvalue weighted by Gasteiger charge is -2.27. The second kappa shape index (κ2) is 15.5. The zero-order chi connectivity index (χ0) is 35.9. The van der Waals surface area contributed by atoms with Crippen LogP contribution >= 0.6 is 0 Å². The van der Waals surface area contributed by atoms with E-state index in [1.807, 2.05) is 24.3 Å². The molecule has 0 fully saturated rings. The summed E-state index contributed by atoms with van der Waals surface area (Å²) >= 11 is 0. The Hall–Kier alpha value is -6.64. The van der Waals surface area contributed by atoms with E-state index in [1.54, 1.807) is 0 Å². The fourth-order valence-electron chi connectivity index (χ4n) is 6.84. The zero-order valence-corrected chi connectivity index (χ0v) is 29.8. The van der Waals surface area contributed by atoms with Crippen molar-refractivity contribution in [1.82, 2.24) is 0 Å². The van der Waals surface area contributed by atoms with Crippen LogP contribution in [0.15, 0.2) is 213 Å². The molecule has 0 spiro atoms. The number of hydrogen-bond donors (Lipinski definition) is 0. The average molecular weight is 671 g/mol. The number of aryl methyl sites for hydroxylation is 2. The van der Waals surface area contributed by atoms with Crippen LogP contribution in [0.3, 0.4) is 0 Å². The third kappa shape index (κ3) is 7.14. The molecule has 0 saturated heterocycles. The Morgan fingerprint density at radius 3 is 1.37 bits per heavy atom. The van der Waals surface area contributed by atoms with Gasteiger partial charge in [0, 0.05) is 34.1 Å². The lowest BCUT2D eigenvalue weighted by atomic mass is 9.90. The Bertz CT molecular complexity index is 2300. The van der Waals surface area contributed by atoms with Gasteiger partial charge in [0.2, 0.25) is 0 Å². The van der Waals surface area contributed by atoms with E-state index in [0.717, 1.165) is 39.7 Å². The highest BCUT2D eigenvalue weighted by Crippen LogP contribution is 2.41. The molecule has 0 radical (unpaired) electrons. The minimum atomic E-state index is 0.948. The van der Waals surface area contributed by atoms with Crippen molar-refractivity contribution in [3.05, 3.63) is 224 Å². The fourth-order valence-corrected chi connectivity index (χ4v) is 6.84. The highest BCUT2D eigenvalue weighted by molar-refractivity contribution is 5.87. The number of anilines is 5. The first kappa shape index (κ1) is 33.8. The molecular formula is C50H42N2. The van der Waals surface area contributed by atoms with Crippen LogP contribution in [0.25, 0.3) is 33.4 Å². The van der Waals surface area contributed by atoms with E-state index in [4.69, 9.17) is 0 Å². The summed E-state index contributed by atoms with van der Waals surface area (Å²) in [6.07, 6.45) is 5.69. The van der Waals surface area contributed by atoms with Gasteiger partial charge in [0.25, 0.3) is 0 Å². The molecule has 0 unspecified atom stereocenters. The summed E-state index contributed by atoms with van der Waals surface area (Å²) in [6, 6.07) is 62.7. The molecule has 0 saturated carbocycles. The Kier molecular flexibility index (Phi) is 10.1. The first-order valence-electron chi connectivity index (χ1n) is 17.7. The van der Waals surface area contributed by atoms with Gasteiger partial charge in [-0.15, -0.1) is 0 Å². The number of allylic oxidation sites excluding steroid dienone is 3. The van der Waals surface area contributed by atoms with E-state index in [9.17, 15) is 0 Å². The van der Waals surface area contributed by atoms with Crippen molar-refractivity contribution in [3.8, 4) is 33.4 Å². The van der Waals surface area contributed by atoms with Crippen LogP contribution in [0.2, 0.25) is 0 Å². The highest BCUT2D eigenvalue weighted by atomic mass is 15.1. The number of para-hydroxylation sites is 3. The minimum absolute atomic E-state index is 0.948. The zero-order valence-electron chi connectivity index (χ0n) is 29.8. The summed E-state index contributed by atoms with van der Waals surface area (Å²) < 4.78 is 0. The molecule has 7 aromatic rings. The van der Waals surface area contributed by atoms with E-state index in [1.165, 1.54) is 38.9 Å². The van der Waals surface area contributed by atoms with Crippen molar-refractivity contribution in [2.24, 2.45) is 0 Å². The van der Waals surface area contributed by atoms with Gasteiger partial charge in [-0.1, -0.05) is 116 Å². The Morgan fingerprint density at radius 1 is 0.423 bits per heavy atom. The summed E-state index contributed by atoms with van der Waals surface area (Å²) in [5.74, 6) is 0. The normalized spacial score (nSPS) is 11.2. The summed E-state index contributed by atoms with van der Waals surface area (Å²) in [4.78, 5) is 4.56. The van der Waals surface area contributed by atoms with Crippen LogP contribution in [-0.4, -0.2) is 0 Å². The molecule has 0 aliphatic heterocycles. The van der Waals surface area contributed by atoms with Gasteiger partial charge in [-0.2, -0.15) is 0 Å². The van der Waals surface area contributed by atoms with Gasteiger partial charge in [-0.25, -0.2) is 0 Å². The molecule has 0 amide bonds. The van der Waals surface area contributed by atoms with Crippen LogP contribution in [-0.2, 0) is 0 Å². The van der Waals surface area contributed by atoms with Gasteiger partial charge in [0.05, 0.1) is 0 Å². The molecule has 0 bridgehead atoms. The van der Waals surface area contributed by atoms with Crippen LogP contribution in [0.4, 0.5) is 28.4 Å². The molecule has 0 aliphatic rings. The van der Waals surface area contributed by atoms with Gasteiger partial charge < -0.3 is 9.80 Å². The summed E-state index contributed by atoms with van der Waals surface area (Å²) in [7, 11) is 0. The lowest BCUT2D eigenvalue weighted by molar-refractivity contribution is 1.21. The largest absolute Gasteiger partial charge is 0.311 e. The van der Waals surface area contributed by atoms with Gasteiger partial charge in [-0.05, 0) is 149 Å². The molecule has 52 heavy (non-hydrogen) atoms. The molecule has 2 nitrogen and oxygen atoms in total. The second-order valence-electron chi connectivity index (χ2n) is 12.9. The number of nitrogens with zero attached hydrogens (tertiary/aromatic N) is 2. The Balaban J connectivity index is 1.42. The van der Waals surface area contributed by atoms with Gasteiger partial charge >= 0.3 is 0 Å². The first-order valence-corrected chi connectivity index (χ1v) is 17.7. The maximum Gasteiger partial charge on any atom is 0.0467 e. The minimum Gasteiger partial charge on any atom is -0.311 e. The third-order valence-corrected chi connectivity index (χ3v) is 9.42.